The number of urea groups is 1. The molecule has 7 heteroatoms. The van der Waals surface area contributed by atoms with Crippen molar-refractivity contribution in [1.29, 1.82) is 0 Å². The van der Waals surface area contributed by atoms with E-state index < -0.39 is 0 Å². The number of ether oxygens (including phenoxy) is 2. The SMILES string of the molecule is CCOCC1CN(C(=O)NC(c2nccn2C)C2CC2)CCO1. The van der Waals surface area contributed by atoms with E-state index in [9.17, 15) is 4.79 Å². The highest BCUT2D eigenvalue weighted by Crippen LogP contribution is 2.40. The van der Waals surface area contributed by atoms with E-state index in [0.29, 0.717) is 38.8 Å². The number of amides is 2. The first-order valence-corrected chi connectivity index (χ1v) is 8.41. The number of morpholine rings is 1. The van der Waals surface area contributed by atoms with Gasteiger partial charge in [0, 0.05) is 32.6 Å². The minimum absolute atomic E-state index is 0.00399. The lowest BCUT2D eigenvalue weighted by molar-refractivity contribution is -0.0569. The average molecular weight is 322 g/mol. The monoisotopic (exact) mass is 322 g/mol. The molecule has 1 aromatic heterocycles. The van der Waals surface area contributed by atoms with E-state index in [-0.39, 0.29) is 18.2 Å². The van der Waals surface area contributed by atoms with E-state index in [4.69, 9.17) is 9.47 Å². The van der Waals surface area contributed by atoms with Crippen LogP contribution in [0.1, 0.15) is 31.6 Å². The van der Waals surface area contributed by atoms with Crippen molar-refractivity contribution in [2.45, 2.75) is 31.9 Å². The lowest BCUT2D eigenvalue weighted by Crippen LogP contribution is -2.51. The van der Waals surface area contributed by atoms with Crippen molar-refractivity contribution in [3.63, 3.8) is 0 Å². The summed E-state index contributed by atoms with van der Waals surface area (Å²) in [5.41, 5.74) is 0. The van der Waals surface area contributed by atoms with Crippen LogP contribution in [0, 0.1) is 5.92 Å². The van der Waals surface area contributed by atoms with E-state index in [1.54, 1.807) is 6.20 Å². The number of aryl methyl sites for hydroxylation is 1. The third kappa shape index (κ3) is 4.03. The van der Waals surface area contributed by atoms with Crippen LogP contribution in [0.5, 0.6) is 0 Å². The number of rotatable bonds is 6. The zero-order valence-electron chi connectivity index (χ0n) is 13.9. The van der Waals surface area contributed by atoms with Gasteiger partial charge in [-0.3, -0.25) is 0 Å². The highest BCUT2D eigenvalue weighted by Gasteiger charge is 2.37. The van der Waals surface area contributed by atoms with Gasteiger partial charge in [0.1, 0.15) is 5.82 Å². The molecule has 2 unspecified atom stereocenters. The molecule has 1 N–H and O–H groups in total. The topological polar surface area (TPSA) is 68.6 Å². The van der Waals surface area contributed by atoms with Crippen LogP contribution in [-0.2, 0) is 16.5 Å². The van der Waals surface area contributed by atoms with Gasteiger partial charge < -0.3 is 24.3 Å². The number of hydrogen-bond donors (Lipinski definition) is 1. The van der Waals surface area contributed by atoms with Crippen molar-refractivity contribution in [2.24, 2.45) is 13.0 Å². The molecule has 2 fully saturated rings. The molecule has 3 rings (SSSR count). The van der Waals surface area contributed by atoms with Crippen LogP contribution in [0.3, 0.4) is 0 Å². The molecule has 1 saturated heterocycles. The van der Waals surface area contributed by atoms with Gasteiger partial charge in [0.15, 0.2) is 0 Å². The molecule has 2 atom stereocenters. The predicted octanol–water partition coefficient (Wildman–Crippen LogP) is 1.32. The Bertz CT molecular complexity index is 529. The second-order valence-corrected chi connectivity index (χ2v) is 6.26. The van der Waals surface area contributed by atoms with Gasteiger partial charge in [-0.2, -0.15) is 0 Å². The van der Waals surface area contributed by atoms with Gasteiger partial charge in [0.2, 0.25) is 0 Å². The normalized spacial score (nSPS) is 22.9. The second-order valence-electron chi connectivity index (χ2n) is 6.26. The zero-order chi connectivity index (χ0) is 16.2. The Labute approximate surface area is 137 Å². The maximum atomic E-state index is 12.6. The van der Waals surface area contributed by atoms with Crippen molar-refractivity contribution >= 4 is 6.03 Å². The molecule has 1 aromatic rings. The number of imidazole rings is 1. The molecular formula is C16H26N4O3. The van der Waals surface area contributed by atoms with Gasteiger partial charge >= 0.3 is 6.03 Å². The second kappa shape index (κ2) is 7.31. The Morgan fingerprint density at radius 1 is 1.57 bits per heavy atom. The number of aromatic nitrogens is 2. The Morgan fingerprint density at radius 3 is 3.04 bits per heavy atom. The van der Waals surface area contributed by atoms with E-state index in [1.165, 1.54) is 0 Å². The number of carbonyl (C=O) groups is 1. The minimum atomic E-state index is -0.0398. The van der Waals surface area contributed by atoms with Crippen LogP contribution in [0.25, 0.3) is 0 Å². The fourth-order valence-corrected chi connectivity index (χ4v) is 2.98. The van der Waals surface area contributed by atoms with Gasteiger partial charge in [0.25, 0.3) is 0 Å². The summed E-state index contributed by atoms with van der Waals surface area (Å²) in [6.45, 7) is 4.90. The van der Waals surface area contributed by atoms with E-state index in [1.807, 2.05) is 29.6 Å². The first-order valence-electron chi connectivity index (χ1n) is 8.41. The standard InChI is InChI=1S/C16H26N4O3/c1-3-22-11-13-10-20(8-9-23-13)16(21)18-14(12-4-5-12)15-17-6-7-19(15)2/h6-7,12-14H,3-5,8-11H2,1-2H3,(H,18,21). The minimum Gasteiger partial charge on any atom is -0.379 e. The van der Waals surface area contributed by atoms with Gasteiger partial charge in [-0.05, 0) is 25.7 Å². The van der Waals surface area contributed by atoms with Gasteiger partial charge in [-0.25, -0.2) is 9.78 Å². The van der Waals surface area contributed by atoms with Gasteiger partial charge in [-0.15, -0.1) is 0 Å². The summed E-state index contributed by atoms with van der Waals surface area (Å²) in [4.78, 5) is 18.9. The molecule has 0 radical (unpaired) electrons. The van der Waals surface area contributed by atoms with E-state index in [2.05, 4.69) is 10.3 Å². The first kappa shape index (κ1) is 16.3. The van der Waals surface area contributed by atoms with Crippen molar-refractivity contribution in [3.8, 4) is 0 Å². The fraction of sp³-hybridized carbons (Fsp3) is 0.750. The first-order chi connectivity index (χ1) is 11.2. The molecule has 0 aromatic carbocycles. The molecule has 0 bridgehead atoms. The number of nitrogens with one attached hydrogen (secondary N) is 1. The van der Waals surface area contributed by atoms with Crippen molar-refractivity contribution in [2.75, 3.05) is 32.9 Å². The van der Waals surface area contributed by atoms with E-state index >= 15 is 0 Å². The van der Waals surface area contributed by atoms with Crippen LogP contribution >= 0.6 is 0 Å². The largest absolute Gasteiger partial charge is 0.379 e. The molecule has 2 amide bonds. The summed E-state index contributed by atoms with van der Waals surface area (Å²) in [5, 5.41) is 3.18. The predicted molar refractivity (Wildman–Crippen MR) is 85.0 cm³/mol. The Kier molecular flexibility index (Phi) is 5.17. The van der Waals surface area contributed by atoms with Gasteiger partial charge in [0.05, 0.1) is 31.9 Å². The summed E-state index contributed by atoms with van der Waals surface area (Å²) >= 11 is 0. The third-order valence-electron chi connectivity index (χ3n) is 4.44. The summed E-state index contributed by atoms with van der Waals surface area (Å²) in [5.74, 6) is 1.43. The van der Waals surface area contributed by atoms with Crippen LogP contribution in [0.15, 0.2) is 12.4 Å². The number of carbonyl (C=O) groups excluding carboxylic acids is 1. The molecular weight excluding hydrogens is 296 g/mol. The molecule has 2 heterocycles. The molecule has 2 aliphatic rings. The van der Waals surface area contributed by atoms with E-state index in [0.717, 1.165) is 18.7 Å². The summed E-state index contributed by atoms with van der Waals surface area (Å²) in [6.07, 6.45) is 5.96. The number of nitrogens with zero attached hydrogens (tertiary/aromatic N) is 3. The maximum absolute atomic E-state index is 12.6. The molecule has 1 aliphatic carbocycles. The highest BCUT2D eigenvalue weighted by atomic mass is 16.5. The molecule has 0 spiro atoms. The Morgan fingerprint density at radius 2 is 2.39 bits per heavy atom. The quantitative estimate of drug-likeness (QED) is 0.857. The smallest absolute Gasteiger partial charge is 0.318 e. The molecule has 128 valence electrons. The third-order valence-corrected chi connectivity index (χ3v) is 4.44. The van der Waals surface area contributed by atoms with Crippen molar-refractivity contribution in [1.82, 2.24) is 19.8 Å². The van der Waals surface area contributed by atoms with Crippen LogP contribution in [-0.4, -0.2) is 59.5 Å². The molecule has 1 saturated carbocycles. The fourth-order valence-electron chi connectivity index (χ4n) is 2.98. The lowest BCUT2D eigenvalue weighted by Gasteiger charge is -2.34. The zero-order valence-corrected chi connectivity index (χ0v) is 13.9. The van der Waals surface area contributed by atoms with Crippen molar-refractivity contribution in [3.05, 3.63) is 18.2 Å². The summed E-state index contributed by atoms with van der Waals surface area (Å²) < 4.78 is 13.0. The summed E-state index contributed by atoms with van der Waals surface area (Å²) in [7, 11) is 1.97. The Hall–Kier alpha value is -1.60. The maximum Gasteiger partial charge on any atom is 0.318 e. The van der Waals surface area contributed by atoms with Crippen LogP contribution < -0.4 is 5.32 Å². The average Bonchev–Trinajstić information content (AvgIpc) is 3.32. The molecule has 7 nitrogen and oxygen atoms in total. The highest BCUT2D eigenvalue weighted by molar-refractivity contribution is 5.74. The molecule has 23 heavy (non-hydrogen) atoms. The van der Waals surface area contributed by atoms with Crippen LogP contribution in [0.4, 0.5) is 4.79 Å². The molecule has 1 aliphatic heterocycles. The van der Waals surface area contributed by atoms with Crippen LogP contribution in [0.2, 0.25) is 0 Å². The van der Waals surface area contributed by atoms with Crippen molar-refractivity contribution < 1.29 is 14.3 Å². The lowest BCUT2D eigenvalue weighted by atomic mass is 10.1. The van der Waals surface area contributed by atoms with Gasteiger partial charge in [-0.1, -0.05) is 0 Å². The Balaban J connectivity index is 1.59. The summed E-state index contributed by atoms with van der Waals surface area (Å²) in [6, 6.07) is -0.0367. The number of hydrogen-bond acceptors (Lipinski definition) is 4.